The first-order valence-corrected chi connectivity index (χ1v) is 4.77. The summed E-state index contributed by atoms with van der Waals surface area (Å²) >= 11 is 0. The molecule has 0 amide bonds. The molecular formula is C9H20N2O. The number of rotatable bonds is 5. The Morgan fingerprint density at radius 1 is 1.58 bits per heavy atom. The highest BCUT2D eigenvalue weighted by Crippen LogP contribution is 2.12. The predicted molar refractivity (Wildman–Crippen MR) is 50.4 cm³/mol. The number of nitrogens with zero attached hydrogens (tertiary/aromatic N) is 1. The zero-order valence-electron chi connectivity index (χ0n) is 8.18. The van der Waals surface area contributed by atoms with Crippen molar-refractivity contribution in [1.82, 2.24) is 10.2 Å². The van der Waals surface area contributed by atoms with E-state index in [4.69, 9.17) is 4.74 Å². The molecule has 0 aromatic carbocycles. The fourth-order valence-electron chi connectivity index (χ4n) is 1.53. The lowest BCUT2D eigenvalue weighted by molar-refractivity contribution is 0.0816. The molecule has 0 radical (unpaired) electrons. The second kappa shape index (κ2) is 5.51. The Bertz CT molecular complexity index is 113. The van der Waals surface area contributed by atoms with Crippen molar-refractivity contribution in [1.29, 1.82) is 0 Å². The van der Waals surface area contributed by atoms with Crippen molar-refractivity contribution in [3.63, 3.8) is 0 Å². The van der Waals surface area contributed by atoms with Gasteiger partial charge in [-0.2, -0.15) is 0 Å². The fourth-order valence-corrected chi connectivity index (χ4v) is 1.53. The van der Waals surface area contributed by atoms with Gasteiger partial charge in [0.15, 0.2) is 0 Å². The van der Waals surface area contributed by atoms with Crippen LogP contribution in [-0.4, -0.2) is 51.3 Å². The minimum Gasteiger partial charge on any atom is -0.377 e. The monoisotopic (exact) mass is 172 g/mol. The van der Waals surface area contributed by atoms with Crippen LogP contribution < -0.4 is 5.32 Å². The van der Waals surface area contributed by atoms with Crippen molar-refractivity contribution in [2.45, 2.75) is 18.9 Å². The second-order valence-corrected chi connectivity index (χ2v) is 3.50. The lowest BCUT2D eigenvalue weighted by Gasteiger charge is -2.19. The number of nitrogens with one attached hydrogen (secondary N) is 1. The van der Waals surface area contributed by atoms with Crippen molar-refractivity contribution < 1.29 is 4.74 Å². The molecule has 72 valence electrons. The average molecular weight is 172 g/mol. The Labute approximate surface area is 75.1 Å². The van der Waals surface area contributed by atoms with E-state index in [0.29, 0.717) is 6.10 Å². The lowest BCUT2D eigenvalue weighted by Crippen LogP contribution is -2.33. The Kier molecular flexibility index (Phi) is 4.58. The van der Waals surface area contributed by atoms with E-state index in [0.717, 1.165) is 26.2 Å². The highest BCUT2D eigenvalue weighted by molar-refractivity contribution is 4.68. The third kappa shape index (κ3) is 3.52. The van der Waals surface area contributed by atoms with Gasteiger partial charge in [0.05, 0.1) is 6.10 Å². The highest BCUT2D eigenvalue weighted by atomic mass is 16.5. The summed E-state index contributed by atoms with van der Waals surface area (Å²) in [4.78, 5) is 2.33. The van der Waals surface area contributed by atoms with E-state index in [9.17, 15) is 0 Å². The van der Waals surface area contributed by atoms with Gasteiger partial charge in [-0.15, -0.1) is 0 Å². The van der Waals surface area contributed by atoms with Crippen molar-refractivity contribution in [2.75, 3.05) is 40.3 Å². The Morgan fingerprint density at radius 3 is 3.00 bits per heavy atom. The summed E-state index contributed by atoms with van der Waals surface area (Å²) in [6.07, 6.45) is 2.97. The van der Waals surface area contributed by atoms with Crippen LogP contribution in [0.25, 0.3) is 0 Å². The molecule has 1 rings (SSSR count). The zero-order valence-corrected chi connectivity index (χ0v) is 8.18. The van der Waals surface area contributed by atoms with Gasteiger partial charge in [0, 0.05) is 26.2 Å². The van der Waals surface area contributed by atoms with Crippen LogP contribution in [0.1, 0.15) is 12.8 Å². The topological polar surface area (TPSA) is 24.5 Å². The summed E-state index contributed by atoms with van der Waals surface area (Å²) in [5.74, 6) is 0. The third-order valence-electron chi connectivity index (χ3n) is 2.28. The van der Waals surface area contributed by atoms with E-state index >= 15 is 0 Å². The molecule has 0 bridgehead atoms. The number of ether oxygens (including phenoxy) is 1. The molecule has 0 saturated carbocycles. The Hall–Kier alpha value is -0.120. The molecule has 0 unspecified atom stereocenters. The quantitative estimate of drug-likeness (QED) is 0.646. The summed E-state index contributed by atoms with van der Waals surface area (Å²) in [6.45, 7) is 4.21. The first-order valence-electron chi connectivity index (χ1n) is 4.77. The summed E-state index contributed by atoms with van der Waals surface area (Å²) in [7, 11) is 4.14. The maximum Gasteiger partial charge on any atom is 0.0702 e. The molecule has 1 atom stereocenters. The van der Waals surface area contributed by atoms with E-state index < -0.39 is 0 Å². The first-order chi connectivity index (χ1) is 5.83. The Balaban J connectivity index is 2.03. The standard InChI is InChI=1S/C9H20N2O/c1-10-5-6-11(2)8-9-4-3-7-12-9/h9-10H,3-8H2,1-2H3/t9-/m1/s1. The molecule has 0 spiro atoms. The van der Waals surface area contributed by atoms with Gasteiger partial charge in [0.2, 0.25) is 0 Å². The van der Waals surface area contributed by atoms with Gasteiger partial charge in [-0.05, 0) is 26.9 Å². The molecule has 1 heterocycles. The van der Waals surface area contributed by atoms with Crippen molar-refractivity contribution in [2.24, 2.45) is 0 Å². The van der Waals surface area contributed by atoms with Gasteiger partial charge in [-0.25, -0.2) is 0 Å². The molecule has 1 fully saturated rings. The van der Waals surface area contributed by atoms with Crippen molar-refractivity contribution in [3.8, 4) is 0 Å². The van der Waals surface area contributed by atoms with Crippen LogP contribution in [0.3, 0.4) is 0 Å². The van der Waals surface area contributed by atoms with Gasteiger partial charge in [0.1, 0.15) is 0 Å². The molecule has 0 aromatic rings. The van der Waals surface area contributed by atoms with Crippen LogP contribution in [0.4, 0.5) is 0 Å². The second-order valence-electron chi connectivity index (χ2n) is 3.50. The van der Waals surface area contributed by atoms with E-state index in [-0.39, 0.29) is 0 Å². The van der Waals surface area contributed by atoms with Gasteiger partial charge in [-0.3, -0.25) is 0 Å². The highest BCUT2D eigenvalue weighted by Gasteiger charge is 2.16. The van der Waals surface area contributed by atoms with Gasteiger partial charge in [-0.1, -0.05) is 0 Å². The van der Waals surface area contributed by atoms with E-state index in [1.807, 2.05) is 7.05 Å². The normalized spacial score (nSPS) is 23.8. The zero-order chi connectivity index (χ0) is 8.81. The van der Waals surface area contributed by atoms with Gasteiger partial charge < -0.3 is 15.0 Å². The number of hydrogen-bond donors (Lipinski definition) is 1. The summed E-state index contributed by atoms with van der Waals surface area (Å²) < 4.78 is 5.54. The molecule has 12 heavy (non-hydrogen) atoms. The smallest absolute Gasteiger partial charge is 0.0702 e. The van der Waals surface area contributed by atoms with Gasteiger partial charge in [0.25, 0.3) is 0 Å². The maximum atomic E-state index is 5.54. The summed E-state index contributed by atoms with van der Waals surface area (Å²) in [5, 5.41) is 3.14. The van der Waals surface area contributed by atoms with Crippen molar-refractivity contribution in [3.05, 3.63) is 0 Å². The van der Waals surface area contributed by atoms with E-state index in [1.54, 1.807) is 0 Å². The van der Waals surface area contributed by atoms with Crippen LogP contribution in [0.15, 0.2) is 0 Å². The minimum atomic E-state index is 0.492. The minimum absolute atomic E-state index is 0.492. The predicted octanol–water partition coefficient (Wildman–Crippen LogP) is 0.317. The largest absolute Gasteiger partial charge is 0.377 e. The van der Waals surface area contributed by atoms with Crippen LogP contribution in [0.2, 0.25) is 0 Å². The number of likely N-dealkylation sites (N-methyl/N-ethyl adjacent to an activating group) is 2. The molecule has 1 aliphatic heterocycles. The Morgan fingerprint density at radius 2 is 2.42 bits per heavy atom. The molecule has 0 aromatic heterocycles. The number of hydrogen-bond acceptors (Lipinski definition) is 3. The van der Waals surface area contributed by atoms with Gasteiger partial charge >= 0.3 is 0 Å². The molecule has 0 aliphatic carbocycles. The lowest BCUT2D eigenvalue weighted by atomic mass is 10.2. The van der Waals surface area contributed by atoms with E-state index in [1.165, 1.54) is 12.8 Å². The molecular weight excluding hydrogens is 152 g/mol. The average Bonchev–Trinajstić information content (AvgIpc) is 2.53. The molecule has 3 heteroatoms. The third-order valence-corrected chi connectivity index (χ3v) is 2.28. The van der Waals surface area contributed by atoms with Crippen molar-refractivity contribution >= 4 is 0 Å². The van der Waals surface area contributed by atoms with Crippen LogP contribution in [0.5, 0.6) is 0 Å². The van der Waals surface area contributed by atoms with Crippen LogP contribution >= 0.6 is 0 Å². The maximum absolute atomic E-state index is 5.54. The van der Waals surface area contributed by atoms with E-state index in [2.05, 4.69) is 17.3 Å². The first kappa shape index (κ1) is 9.96. The summed E-state index contributed by atoms with van der Waals surface area (Å²) in [6, 6.07) is 0. The fraction of sp³-hybridized carbons (Fsp3) is 1.00. The molecule has 1 N–H and O–H groups in total. The van der Waals surface area contributed by atoms with Crippen LogP contribution in [-0.2, 0) is 4.74 Å². The molecule has 3 nitrogen and oxygen atoms in total. The summed E-state index contributed by atoms with van der Waals surface area (Å²) in [5.41, 5.74) is 0. The molecule has 1 aliphatic rings. The van der Waals surface area contributed by atoms with Crippen LogP contribution in [0, 0.1) is 0 Å². The molecule has 1 saturated heterocycles. The SMILES string of the molecule is CNCCN(C)C[C@H]1CCCO1.